The lowest BCUT2D eigenvalue weighted by Crippen LogP contribution is -2.48. The predicted molar refractivity (Wildman–Crippen MR) is 102 cm³/mol. The van der Waals surface area contributed by atoms with Gasteiger partial charge in [-0.05, 0) is 31.5 Å². The molecule has 1 aliphatic heterocycles. The summed E-state index contributed by atoms with van der Waals surface area (Å²) >= 11 is 0. The molecule has 26 heavy (non-hydrogen) atoms. The minimum absolute atomic E-state index is 0.0588. The second kappa shape index (κ2) is 10.1. The maximum atomic E-state index is 12.7. The summed E-state index contributed by atoms with van der Waals surface area (Å²) in [6, 6.07) is 7.70. The molecular weight excluding hydrogens is 332 g/mol. The second-order valence-electron chi connectivity index (χ2n) is 6.51. The molecule has 0 aromatic heterocycles. The summed E-state index contributed by atoms with van der Waals surface area (Å²) in [6.45, 7) is 7.21. The molecular formula is C19H30N4O3. The molecule has 144 valence electrons. The highest BCUT2D eigenvalue weighted by Gasteiger charge is 2.26. The zero-order valence-corrected chi connectivity index (χ0v) is 16.1. The Kier molecular flexibility index (Phi) is 7.87. The zero-order valence-electron chi connectivity index (χ0n) is 16.1. The Hall–Kier alpha value is -2.12. The lowest BCUT2D eigenvalue weighted by molar-refractivity contribution is -0.0586. The first-order chi connectivity index (χ1) is 12.5. The summed E-state index contributed by atoms with van der Waals surface area (Å²) in [5, 5.41) is 6.40. The van der Waals surface area contributed by atoms with Crippen molar-refractivity contribution in [3.05, 3.63) is 35.4 Å². The quantitative estimate of drug-likeness (QED) is 0.453. The molecule has 0 saturated carbocycles. The maximum Gasteiger partial charge on any atom is 0.254 e. The largest absolute Gasteiger partial charge is 0.383 e. The third-order valence-corrected chi connectivity index (χ3v) is 4.19. The van der Waals surface area contributed by atoms with E-state index in [1.165, 1.54) is 0 Å². The molecule has 7 heteroatoms. The van der Waals surface area contributed by atoms with Crippen molar-refractivity contribution in [1.29, 1.82) is 0 Å². The fourth-order valence-corrected chi connectivity index (χ4v) is 2.97. The molecule has 1 aliphatic rings. The molecule has 1 aromatic rings. The van der Waals surface area contributed by atoms with Crippen LogP contribution in [0.4, 0.5) is 0 Å². The van der Waals surface area contributed by atoms with Crippen LogP contribution < -0.4 is 10.6 Å². The minimum atomic E-state index is 0.0588. The standard InChI is InChI=1S/C19H30N4O3/c1-14-12-23(13-15(2)26-14)18(24)17-7-5-16(6-8-17)11-22-19(20-3)21-9-10-25-4/h5-8,14-15H,9-13H2,1-4H3,(H2,20,21,22). The van der Waals surface area contributed by atoms with Crippen molar-refractivity contribution in [2.75, 3.05) is 40.4 Å². The number of hydrogen-bond acceptors (Lipinski definition) is 4. The Bertz CT molecular complexity index is 593. The summed E-state index contributed by atoms with van der Waals surface area (Å²) in [4.78, 5) is 18.7. The van der Waals surface area contributed by atoms with Crippen LogP contribution >= 0.6 is 0 Å². The maximum absolute atomic E-state index is 12.7. The fraction of sp³-hybridized carbons (Fsp3) is 0.579. The summed E-state index contributed by atoms with van der Waals surface area (Å²) in [5.74, 6) is 0.780. The first kappa shape index (κ1) is 20.2. The number of nitrogens with one attached hydrogen (secondary N) is 2. The van der Waals surface area contributed by atoms with Crippen molar-refractivity contribution < 1.29 is 14.3 Å². The zero-order chi connectivity index (χ0) is 18.9. The lowest BCUT2D eigenvalue weighted by atomic mass is 10.1. The van der Waals surface area contributed by atoms with Gasteiger partial charge in [0.15, 0.2) is 5.96 Å². The van der Waals surface area contributed by atoms with E-state index in [0.717, 1.165) is 11.5 Å². The predicted octanol–water partition coefficient (Wildman–Crippen LogP) is 1.25. The van der Waals surface area contributed by atoms with Crippen LogP contribution in [0, 0.1) is 0 Å². The highest BCUT2D eigenvalue weighted by Crippen LogP contribution is 2.15. The number of benzene rings is 1. The van der Waals surface area contributed by atoms with E-state index in [0.29, 0.717) is 38.3 Å². The van der Waals surface area contributed by atoms with E-state index in [4.69, 9.17) is 9.47 Å². The Morgan fingerprint density at radius 1 is 1.23 bits per heavy atom. The van der Waals surface area contributed by atoms with Gasteiger partial charge in [0.05, 0.1) is 18.8 Å². The van der Waals surface area contributed by atoms with Gasteiger partial charge >= 0.3 is 0 Å². The molecule has 2 rings (SSSR count). The number of carbonyl (C=O) groups excluding carboxylic acids is 1. The number of hydrogen-bond donors (Lipinski definition) is 2. The number of carbonyl (C=O) groups is 1. The van der Waals surface area contributed by atoms with E-state index in [1.54, 1.807) is 14.2 Å². The average Bonchev–Trinajstić information content (AvgIpc) is 2.63. The van der Waals surface area contributed by atoms with Gasteiger partial charge in [-0.3, -0.25) is 9.79 Å². The van der Waals surface area contributed by atoms with Crippen LogP contribution in [0.25, 0.3) is 0 Å². The molecule has 2 atom stereocenters. The van der Waals surface area contributed by atoms with Gasteiger partial charge in [0, 0.05) is 45.9 Å². The molecule has 1 amide bonds. The van der Waals surface area contributed by atoms with Crippen molar-refractivity contribution in [2.24, 2.45) is 4.99 Å². The third kappa shape index (κ3) is 6.00. The van der Waals surface area contributed by atoms with Crippen LogP contribution in [-0.2, 0) is 16.0 Å². The van der Waals surface area contributed by atoms with Gasteiger partial charge < -0.3 is 25.0 Å². The van der Waals surface area contributed by atoms with Gasteiger partial charge in [-0.25, -0.2) is 0 Å². The van der Waals surface area contributed by atoms with E-state index in [-0.39, 0.29) is 18.1 Å². The SMILES string of the molecule is CN=C(NCCOC)NCc1ccc(C(=O)N2CC(C)OC(C)C2)cc1. The van der Waals surface area contributed by atoms with Gasteiger partial charge in [-0.1, -0.05) is 12.1 Å². The Morgan fingerprint density at radius 2 is 1.88 bits per heavy atom. The number of rotatable bonds is 6. The third-order valence-electron chi connectivity index (χ3n) is 4.19. The molecule has 0 aliphatic carbocycles. The highest BCUT2D eigenvalue weighted by atomic mass is 16.5. The number of aliphatic imine (C=N–C) groups is 1. The topological polar surface area (TPSA) is 75.2 Å². The molecule has 2 N–H and O–H groups in total. The Morgan fingerprint density at radius 3 is 2.46 bits per heavy atom. The van der Waals surface area contributed by atoms with E-state index < -0.39 is 0 Å². The summed E-state index contributed by atoms with van der Waals surface area (Å²) in [5.41, 5.74) is 1.79. The first-order valence-electron chi connectivity index (χ1n) is 9.00. The van der Waals surface area contributed by atoms with Crippen LogP contribution in [0.5, 0.6) is 0 Å². The minimum Gasteiger partial charge on any atom is -0.383 e. The van der Waals surface area contributed by atoms with Crippen LogP contribution in [0.2, 0.25) is 0 Å². The van der Waals surface area contributed by atoms with E-state index in [9.17, 15) is 4.79 Å². The highest BCUT2D eigenvalue weighted by molar-refractivity contribution is 5.94. The smallest absolute Gasteiger partial charge is 0.254 e. The molecule has 1 fully saturated rings. The Labute approximate surface area is 155 Å². The number of amides is 1. The second-order valence-corrected chi connectivity index (χ2v) is 6.51. The molecule has 0 spiro atoms. The normalized spacial score (nSPS) is 20.8. The van der Waals surface area contributed by atoms with Crippen LogP contribution in [0.15, 0.2) is 29.3 Å². The van der Waals surface area contributed by atoms with E-state index in [2.05, 4.69) is 15.6 Å². The number of methoxy groups -OCH3 is 1. The summed E-state index contributed by atoms with van der Waals surface area (Å²) in [6.07, 6.45) is 0.145. The first-order valence-corrected chi connectivity index (χ1v) is 9.00. The average molecular weight is 362 g/mol. The van der Waals surface area contributed by atoms with Crippen molar-refractivity contribution in [3.8, 4) is 0 Å². The van der Waals surface area contributed by atoms with Crippen LogP contribution in [-0.4, -0.2) is 69.4 Å². The molecule has 1 saturated heterocycles. The lowest BCUT2D eigenvalue weighted by Gasteiger charge is -2.35. The van der Waals surface area contributed by atoms with Gasteiger partial charge in [0.25, 0.3) is 5.91 Å². The number of ether oxygens (including phenoxy) is 2. The van der Waals surface area contributed by atoms with Gasteiger partial charge in [0.2, 0.25) is 0 Å². The van der Waals surface area contributed by atoms with Gasteiger partial charge in [0.1, 0.15) is 0 Å². The molecule has 0 radical (unpaired) electrons. The van der Waals surface area contributed by atoms with Crippen molar-refractivity contribution in [1.82, 2.24) is 15.5 Å². The fourth-order valence-electron chi connectivity index (χ4n) is 2.97. The van der Waals surface area contributed by atoms with Gasteiger partial charge in [-0.15, -0.1) is 0 Å². The molecule has 2 unspecified atom stereocenters. The van der Waals surface area contributed by atoms with Crippen LogP contribution in [0.1, 0.15) is 29.8 Å². The summed E-state index contributed by atoms with van der Waals surface area (Å²) < 4.78 is 10.7. The van der Waals surface area contributed by atoms with Gasteiger partial charge in [-0.2, -0.15) is 0 Å². The van der Waals surface area contributed by atoms with E-state index in [1.807, 2.05) is 43.0 Å². The van der Waals surface area contributed by atoms with Crippen molar-refractivity contribution >= 4 is 11.9 Å². The molecule has 7 nitrogen and oxygen atoms in total. The van der Waals surface area contributed by atoms with Crippen LogP contribution in [0.3, 0.4) is 0 Å². The number of nitrogens with zero attached hydrogens (tertiary/aromatic N) is 2. The van der Waals surface area contributed by atoms with Crippen molar-refractivity contribution in [2.45, 2.75) is 32.6 Å². The molecule has 1 aromatic carbocycles. The monoisotopic (exact) mass is 362 g/mol. The van der Waals surface area contributed by atoms with Crippen molar-refractivity contribution in [3.63, 3.8) is 0 Å². The Balaban J connectivity index is 1.88. The van der Waals surface area contributed by atoms with E-state index >= 15 is 0 Å². The molecule has 1 heterocycles. The summed E-state index contributed by atoms with van der Waals surface area (Å²) in [7, 11) is 3.40. The molecule has 0 bridgehead atoms. The number of guanidine groups is 1. The number of morpholine rings is 1.